The fourth-order valence-corrected chi connectivity index (χ4v) is 1.55. The number of rotatable bonds is 2. The summed E-state index contributed by atoms with van der Waals surface area (Å²) in [6, 6.07) is 4.41. The highest BCUT2D eigenvalue weighted by Gasteiger charge is 2.13. The van der Waals surface area contributed by atoms with Crippen molar-refractivity contribution in [2.45, 2.75) is 6.92 Å². The molecule has 3 N–H and O–H groups in total. The maximum absolute atomic E-state index is 13.4. The summed E-state index contributed by atoms with van der Waals surface area (Å²) in [4.78, 5) is 15.8. The minimum absolute atomic E-state index is 0.119. The molecular weight excluding hydrogens is 252 g/mol. The maximum atomic E-state index is 13.4. The van der Waals surface area contributed by atoms with E-state index in [0.717, 1.165) is 12.1 Å². The minimum Gasteiger partial charge on any atom is -0.398 e. The molecule has 4 nitrogen and oxygen atoms in total. The Morgan fingerprint density at radius 1 is 1.32 bits per heavy atom. The first-order valence-corrected chi connectivity index (χ1v) is 5.46. The Morgan fingerprint density at radius 2 is 2.05 bits per heavy atom. The Bertz CT molecular complexity index is 644. The van der Waals surface area contributed by atoms with Crippen molar-refractivity contribution in [3.8, 4) is 0 Å². The fourth-order valence-electron chi connectivity index (χ4n) is 1.55. The summed E-state index contributed by atoms with van der Waals surface area (Å²) in [7, 11) is 0. The predicted octanol–water partition coefficient (Wildman–Crippen LogP) is 2.50. The SMILES string of the molecule is Cc1cc(N)c(C(=O)Nc2ccc(F)cc2F)cn1. The molecule has 2 aromatic rings. The van der Waals surface area contributed by atoms with Gasteiger partial charge in [-0.3, -0.25) is 9.78 Å². The molecule has 0 saturated heterocycles. The third kappa shape index (κ3) is 2.85. The van der Waals surface area contributed by atoms with Crippen LogP contribution in [-0.2, 0) is 0 Å². The van der Waals surface area contributed by atoms with Gasteiger partial charge in [0.1, 0.15) is 11.6 Å². The van der Waals surface area contributed by atoms with Gasteiger partial charge in [0, 0.05) is 23.6 Å². The van der Waals surface area contributed by atoms with Gasteiger partial charge in [0.05, 0.1) is 11.3 Å². The number of nitrogens with one attached hydrogen (secondary N) is 1. The predicted molar refractivity (Wildman–Crippen MR) is 67.7 cm³/mol. The van der Waals surface area contributed by atoms with Crippen molar-refractivity contribution in [1.29, 1.82) is 0 Å². The molecule has 0 aliphatic rings. The Morgan fingerprint density at radius 3 is 2.68 bits per heavy atom. The van der Waals surface area contributed by atoms with Crippen LogP contribution in [0.1, 0.15) is 16.1 Å². The molecule has 1 aromatic heterocycles. The number of carbonyl (C=O) groups excluding carboxylic acids is 1. The Hall–Kier alpha value is -2.50. The van der Waals surface area contributed by atoms with Gasteiger partial charge < -0.3 is 11.1 Å². The first kappa shape index (κ1) is 12.9. The van der Waals surface area contributed by atoms with Crippen LogP contribution >= 0.6 is 0 Å². The molecule has 1 heterocycles. The zero-order chi connectivity index (χ0) is 14.0. The highest BCUT2D eigenvalue weighted by molar-refractivity contribution is 6.07. The normalized spacial score (nSPS) is 10.3. The summed E-state index contributed by atoms with van der Waals surface area (Å²) in [6.45, 7) is 1.73. The molecule has 98 valence electrons. The van der Waals surface area contributed by atoms with E-state index in [2.05, 4.69) is 10.3 Å². The summed E-state index contributed by atoms with van der Waals surface area (Å²) in [5.41, 5.74) is 6.61. The highest BCUT2D eigenvalue weighted by atomic mass is 19.1. The van der Waals surface area contributed by atoms with Gasteiger partial charge in [-0.15, -0.1) is 0 Å². The monoisotopic (exact) mass is 263 g/mol. The van der Waals surface area contributed by atoms with Crippen LogP contribution in [0.2, 0.25) is 0 Å². The number of pyridine rings is 1. The number of nitrogens with two attached hydrogens (primary N) is 1. The van der Waals surface area contributed by atoms with Gasteiger partial charge in [-0.2, -0.15) is 0 Å². The molecule has 0 radical (unpaired) electrons. The number of hydrogen-bond donors (Lipinski definition) is 2. The van der Waals surface area contributed by atoms with Gasteiger partial charge in [-0.05, 0) is 25.1 Å². The number of nitrogen functional groups attached to an aromatic ring is 1. The van der Waals surface area contributed by atoms with Gasteiger partial charge in [0.15, 0.2) is 0 Å². The zero-order valence-electron chi connectivity index (χ0n) is 10.1. The van der Waals surface area contributed by atoms with Crippen LogP contribution in [0.15, 0.2) is 30.5 Å². The number of amides is 1. The molecule has 6 heteroatoms. The smallest absolute Gasteiger partial charge is 0.259 e. The largest absolute Gasteiger partial charge is 0.398 e. The third-order valence-corrected chi connectivity index (χ3v) is 2.50. The molecule has 0 saturated carbocycles. The van der Waals surface area contributed by atoms with E-state index >= 15 is 0 Å². The number of anilines is 2. The number of halogens is 2. The fraction of sp³-hybridized carbons (Fsp3) is 0.0769. The van der Waals surface area contributed by atoms with E-state index in [1.54, 1.807) is 6.92 Å². The van der Waals surface area contributed by atoms with E-state index in [0.29, 0.717) is 11.8 Å². The van der Waals surface area contributed by atoms with E-state index < -0.39 is 17.5 Å². The van der Waals surface area contributed by atoms with E-state index in [1.165, 1.54) is 12.3 Å². The zero-order valence-corrected chi connectivity index (χ0v) is 10.1. The molecule has 0 bridgehead atoms. The van der Waals surface area contributed by atoms with Crippen LogP contribution in [0.5, 0.6) is 0 Å². The number of nitrogens with zero attached hydrogens (tertiary/aromatic N) is 1. The summed E-state index contributed by atoms with van der Waals surface area (Å²) in [6.07, 6.45) is 1.31. The van der Waals surface area contributed by atoms with Gasteiger partial charge in [0.25, 0.3) is 5.91 Å². The number of benzene rings is 1. The second kappa shape index (κ2) is 5.01. The maximum Gasteiger partial charge on any atom is 0.259 e. The average molecular weight is 263 g/mol. The molecule has 1 aromatic carbocycles. The highest BCUT2D eigenvalue weighted by Crippen LogP contribution is 2.18. The summed E-state index contributed by atoms with van der Waals surface area (Å²) in [5, 5.41) is 2.31. The van der Waals surface area contributed by atoms with Crippen molar-refractivity contribution in [3.05, 3.63) is 53.4 Å². The molecule has 0 fully saturated rings. The molecule has 19 heavy (non-hydrogen) atoms. The van der Waals surface area contributed by atoms with E-state index in [4.69, 9.17) is 5.73 Å². The number of aromatic nitrogens is 1. The summed E-state index contributed by atoms with van der Waals surface area (Å²) >= 11 is 0. The second-order valence-electron chi connectivity index (χ2n) is 3.99. The first-order valence-electron chi connectivity index (χ1n) is 5.46. The van der Waals surface area contributed by atoms with Crippen LogP contribution in [0, 0.1) is 18.6 Å². The van der Waals surface area contributed by atoms with E-state index in [-0.39, 0.29) is 16.9 Å². The quantitative estimate of drug-likeness (QED) is 0.874. The van der Waals surface area contributed by atoms with Crippen molar-refractivity contribution in [3.63, 3.8) is 0 Å². The van der Waals surface area contributed by atoms with Crippen molar-refractivity contribution >= 4 is 17.3 Å². The molecule has 0 aliphatic heterocycles. The topological polar surface area (TPSA) is 68.0 Å². The molecule has 0 atom stereocenters. The first-order chi connectivity index (χ1) is 8.97. The van der Waals surface area contributed by atoms with Crippen LogP contribution in [-0.4, -0.2) is 10.9 Å². The van der Waals surface area contributed by atoms with Crippen molar-refractivity contribution in [2.75, 3.05) is 11.1 Å². The van der Waals surface area contributed by atoms with E-state index in [9.17, 15) is 13.6 Å². The second-order valence-corrected chi connectivity index (χ2v) is 3.99. The average Bonchev–Trinajstić information content (AvgIpc) is 2.32. The number of hydrogen-bond acceptors (Lipinski definition) is 3. The van der Waals surface area contributed by atoms with Gasteiger partial charge >= 0.3 is 0 Å². The Balaban J connectivity index is 2.25. The minimum atomic E-state index is -0.855. The standard InChI is InChI=1S/C13H11F2N3O/c1-7-4-11(16)9(6-17-7)13(19)18-12-3-2-8(14)5-10(12)15/h2-6H,1H3,(H2,16,17)(H,18,19). The number of carbonyl (C=O) groups is 1. The lowest BCUT2D eigenvalue weighted by Gasteiger charge is -2.08. The van der Waals surface area contributed by atoms with E-state index in [1.807, 2.05) is 0 Å². The lowest BCUT2D eigenvalue weighted by molar-refractivity contribution is 0.102. The molecular formula is C13H11F2N3O. The number of aryl methyl sites for hydroxylation is 1. The van der Waals surface area contributed by atoms with Crippen LogP contribution in [0.4, 0.5) is 20.2 Å². The lowest BCUT2D eigenvalue weighted by Crippen LogP contribution is -2.15. The molecule has 1 amide bonds. The third-order valence-electron chi connectivity index (χ3n) is 2.50. The van der Waals surface area contributed by atoms with Crippen LogP contribution in [0.3, 0.4) is 0 Å². The van der Waals surface area contributed by atoms with Crippen LogP contribution in [0.25, 0.3) is 0 Å². The Kier molecular flexibility index (Phi) is 3.41. The molecule has 0 spiro atoms. The molecule has 0 unspecified atom stereocenters. The summed E-state index contributed by atoms with van der Waals surface area (Å²) < 4.78 is 26.1. The van der Waals surface area contributed by atoms with Crippen molar-refractivity contribution in [2.24, 2.45) is 0 Å². The van der Waals surface area contributed by atoms with Crippen LogP contribution < -0.4 is 11.1 Å². The Labute approximate surface area is 108 Å². The van der Waals surface area contributed by atoms with Crippen molar-refractivity contribution < 1.29 is 13.6 Å². The summed E-state index contributed by atoms with van der Waals surface area (Å²) in [5.74, 6) is -2.17. The molecule has 2 rings (SSSR count). The van der Waals surface area contributed by atoms with Gasteiger partial charge in [-0.1, -0.05) is 0 Å². The van der Waals surface area contributed by atoms with Gasteiger partial charge in [0.2, 0.25) is 0 Å². The van der Waals surface area contributed by atoms with Crippen molar-refractivity contribution in [1.82, 2.24) is 4.98 Å². The lowest BCUT2D eigenvalue weighted by atomic mass is 10.2. The molecule has 0 aliphatic carbocycles. The van der Waals surface area contributed by atoms with Gasteiger partial charge in [-0.25, -0.2) is 8.78 Å².